The molecule has 0 saturated carbocycles. The number of ether oxygens (including phenoxy) is 1. The van der Waals surface area contributed by atoms with Gasteiger partial charge in [0.15, 0.2) is 0 Å². The predicted molar refractivity (Wildman–Crippen MR) is 44.4 cm³/mol. The molecule has 0 aromatic heterocycles. The normalized spacial score (nSPS) is 13.2. The van der Waals surface area contributed by atoms with Gasteiger partial charge in [-0.3, -0.25) is 4.79 Å². The Labute approximate surface area is 68.3 Å². The Balaban J connectivity index is 3.64. The van der Waals surface area contributed by atoms with Crippen LogP contribution in [0.3, 0.4) is 0 Å². The van der Waals surface area contributed by atoms with Gasteiger partial charge in [-0.2, -0.15) is 0 Å². The van der Waals surface area contributed by atoms with Crippen molar-refractivity contribution in [3.8, 4) is 0 Å². The highest BCUT2D eigenvalue weighted by molar-refractivity contribution is 5.72. The second-order valence-electron chi connectivity index (χ2n) is 2.92. The van der Waals surface area contributed by atoms with Crippen LogP contribution in [0.25, 0.3) is 0 Å². The van der Waals surface area contributed by atoms with Crippen LogP contribution in [0.15, 0.2) is 0 Å². The van der Waals surface area contributed by atoms with Crippen LogP contribution in [0.4, 0.5) is 0 Å². The van der Waals surface area contributed by atoms with Gasteiger partial charge in [0.1, 0.15) is 0 Å². The zero-order valence-corrected chi connectivity index (χ0v) is 7.76. The van der Waals surface area contributed by atoms with Gasteiger partial charge >= 0.3 is 5.97 Å². The summed E-state index contributed by atoms with van der Waals surface area (Å²) in [5.74, 6) is -0.133. The Bertz CT molecular complexity index is 123. The predicted octanol–water partition coefficient (Wildman–Crippen LogP) is 0.747. The molecular formula is C8H17NO2. The maximum Gasteiger partial charge on any atom is 0.309 e. The van der Waals surface area contributed by atoms with Crippen molar-refractivity contribution >= 4 is 5.97 Å². The smallest absolute Gasteiger partial charge is 0.309 e. The highest BCUT2D eigenvalue weighted by atomic mass is 16.5. The molecule has 0 saturated heterocycles. The summed E-state index contributed by atoms with van der Waals surface area (Å²) in [4.78, 5) is 13.0. The maximum atomic E-state index is 11.0. The first-order valence-corrected chi connectivity index (χ1v) is 3.89. The fourth-order valence-corrected chi connectivity index (χ4v) is 0.907. The van der Waals surface area contributed by atoms with Gasteiger partial charge in [-0.05, 0) is 21.0 Å². The van der Waals surface area contributed by atoms with E-state index in [1.807, 2.05) is 32.8 Å². The van der Waals surface area contributed by atoms with Crippen molar-refractivity contribution in [1.29, 1.82) is 0 Å². The molecule has 11 heavy (non-hydrogen) atoms. The van der Waals surface area contributed by atoms with Crippen LogP contribution >= 0.6 is 0 Å². The molecule has 1 unspecified atom stereocenters. The molecule has 3 nitrogen and oxygen atoms in total. The molecule has 0 bridgehead atoms. The Morgan fingerprint density at radius 2 is 2.09 bits per heavy atom. The molecule has 1 atom stereocenters. The van der Waals surface area contributed by atoms with Crippen LogP contribution in [0, 0.1) is 5.92 Å². The zero-order chi connectivity index (χ0) is 8.85. The average Bonchev–Trinajstić information content (AvgIpc) is 1.86. The van der Waals surface area contributed by atoms with E-state index >= 15 is 0 Å². The molecule has 0 aliphatic heterocycles. The summed E-state index contributed by atoms with van der Waals surface area (Å²) in [6.45, 7) is 4.91. The van der Waals surface area contributed by atoms with Crippen molar-refractivity contribution in [3.63, 3.8) is 0 Å². The minimum absolute atomic E-state index is 0.0232. The first-order chi connectivity index (χ1) is 5.07. The summed E-state index contributed by atoms with van der Waals surface area (Å²) >= 11 is 0. The molecule has 0 aliphatic carbocycles. The highest BCUT2D eigenvalue weighted by Crippen LogP contribution is 1.99. The number of carbonyl (C=O) groups is 1. The molecule has 0 spiro atoms. The van der Waals surface area contributed by atoms with E-state index in [0.717, 1.165) is 6.54 Å². The summed E-state index contributed by atoms with van der Waals surface area (Å²) in [7, 11) is 3.88. The summed E-state index contributed by atoms with van der Waals surface area (Å²) < 4.78 is 4.84. The van der Waals surface area contributed by atoms with Crippen molar-refractivity contribution in [2.24, 2.45) is 5.92 Å². The molecule has 66 valence electrons. The lowest BCUT2D eigenvalue weighted by Crippen LogP contribution is -2.27. The van der Waals surface area contributed by atoms with Crippen LogP contribution in [-0.4, -0.2) is 38.1 Å². The Hall–Kier alpha value is -0.570. The number of hydrogen-bond donors (Lipinski definition) is 0. The Kier molecular flexibility index (Phi) is 4.86. The van der Waals surface area contributed by atoms with Gasteiger partial charge in [-0.1, -0.05) is 6.92 Å². The van der Waals surface area contributed by atoms with Gasteiger partial charge in [0, 0.05) is 6.54 Å². The number of nitrogens with zero attached hydrogens (tertiary/aromatic N) is 1. The lowest BCUT2D eigenvalue weighted by Gasteiger charge is -2.14. The topological polar surface area (TPSA) is 29.5 Å². The van der Waals surface area contributed by atoms with Crippen LogP contribution in [0.5, 0.6) is 0 Å². The standard InChI is InChI=1S/C8H17NO2/c1-5-11-8(10)7(2)6-9(3)4/h7H,5-6H2,1-4H3. The van der Waals surface area contributed by atoms with E-state index in [1.54, 1.807) is 0 Å². The van der Waals surface area contributed by atoms with Crippen molar-refractivity contribution in [1.82, 2.24) is 4.90 Å². The monoisotopic (exact) mass is 159 g/mol. The van der Waals surface area contributed by atoms with E-state index < -0.39 is 0 Å². The molecule has 0 heterocycles. The number of hydrogen-bond acceptors (Lipinski definition) is 3. The minimum atomic E-state index is -0.110. The van der Waals surface area contributed by atoms with Gasteiger partial charge in [0.2, 0.25) is 0 Å². The average molecular weight is 159 g/mol. The third-order valence-electron chi connectivity index (χ3n) is 1.33. The van der Waals surface area contributed by atoms with Crippen molar-refractivity contribution in [2.75, 3.05) is 27.2 Å². The van der Waals surface area contributed by atoms with Gasteiger partial charge in [-0.15, -0.1) is 0 Å². The van der Waals surface area contributed by atoms with Gasteiger partial charge in [-0.25, -0.2) is 0 Å². The first-order valence-electron chi connectivity index (χ1n) is 3.89. The summed E-state index contributed by atoms with van der Waals surface area (Å²) in [5, 5.41) is 0. The molecule has 3 heteroatoms. The van der Waals surface area contributed by atoms with Gasteiger partial charge in [0.05, 0.1) is 12.5 Å². The fourth-order valence-electron chi connectivity index (χ4n) is 0.907. The molecule has 0 rings (SSSR count). The SMILES string of the molecule is CCOC(=O)C(C)CN(C)C. The van der Waals surface area contributed by atoms with Crippen LogP contribution in [0.2, 0.25) is 0 Å². The molecular weight excluding hydrogens is 142 g/mol. The maximum absolute atomic E-state index is 11.0. The van der Waals surface area contributed by atoms with E-state index in [9.17, 15) is 4.79 Å². The Morgan fingerprint density at radius 3 is 2.45 bits per heavy atom. The van der Waals surface area contributed by atoms with E-state index in [0.29, 0.717) is 6.61 Å². The van der Waals surface area contributed by atoms with Gasteiger partial charge in [0.25, 0.3) is 0 Å². The molecule has 0 N–H and O–H groups in total. The highest BCUT2D eigenvalue weighted by Gasteiger charge is 2.13. The third kappa shape index (κ3) is 4.79. The second kappa shape index (κ2) is 5.13. The largest absolute Gasteiger partial charge is 0.466 e. The molecule has 0 aromatic rings. The van der Waals surface area contributed by atoms with E-state index in [4.69, 9.17) is 4.74 Å². The number of esters is 1. The summed E-state index contributed by atoms with van der Waals surface area (Å²) in [5.41, 5.74) is 0. The van der Waals surface area contributed by atoms with Gasteiger partial charge < -0.3 is 9.64 Å². The van der Waals surface area contributed by atoms with Crippen molar-refractivity contribution in [2.45, 2.75) is 13.8 Å². The van der Waals surface area contributed by atoms with E-state index in [2.05, 4.69) is 0 Å². The molecule has 0 radical (unpaired) electrons. The number of rotatable bonds is 4. The first kappa shape index (κ1) is 10.4. The van der Waals surface area contributed by atoms with Crippen LogP contribution in [0.1, 0.15) is 13.8 Å². The zero-order valence-electron chi connectivity index (χ0n) is 7.76. The molecule has 0 aromatic carbocycles. The number of carbonyl (C=O) groups excluding carboxylic acids is 1. The molecule has 0 fully saturated rings. The van der Waals surface area contributed by atoms with Crippen LogP contribution in [-0.2, 0) is 9.53 Å². The quantitative estimate of drug-likeness (QED) is 0.567. The van der Waals surface area contributed by atoms with Crippen molar-refractivity contribution < 1.29 is 9.53 Å². The Morgan fingerprint density at radius 1 is 1.55 bits per heavy atom. The van der Waals surface area contributed by atoms with E-state index in [1.165, 1.54) is 0 Å². The minimum Gasteiger partial charge on any atom is -0.466 e. The van der Waals surface area contributed by atoms with E-state index in [-0.39, 0.29) is 11.9 Å². The van der Waals surface area contributed by atoms with Crippen LogP contribution < -0.4 is 0 Å². The lowest BCUT2D eigenvalue weighted by molar-refractivity contribution is -0.147. The lowest BCUT2D eigenvalue weighted by atomic mass is 10.2. The fraction of sp³-hybridized carbons (Fsp3) is 0.875. The summed E-state index contributed by atoms with van der Waals surface area (Å²) in [6, 6.07) is 0. The van der Waals surface area contributed by atoms with Crippen molar-refractivity contribution in [3.05, 3.63) is 0 Å². The summed E-state index contributed by atoms with van der Waals surface area (Å²) in [6.07, 6.45) is 0. The third-order valence-corrected chi connectivity index (χ3v) is 1.33. The molecule has 0 aliphatic rings. The molecule has 0 amide bonds. The second-order valence-corrected chi connectivity index (χ2v) is 2.92.